The van der Waals surface area contributed by atoms with Gasteiger partial charge in [-0.2, -0.15) is 0 Å². The minimum atomic E-state index is -3.90. The summed E-state index contributed by atoms with van der Waals surface area (Å²) in [5, 5.41) is 17.9. The Morgan fingerprint density at radius 1 is 1.45 bits per heavy atom. The normalized spacial score (nSPS) is 12.9. The third-order valence-electron chi connectivity index (χ3n) is 2.74. The highest BCUT2D eigenvalue weighted by atomic mass is 32.2. The van der Waals surface area contributed by atoms with Crippen molar-refractivity contribution in [2.24, 2.45) is 0 Å². The number of rotatable bonds is 7. The van der Waals surface area contributed by atoms with Gasteiger partial charge in [-0.1, -0.05) is 6.92 Å². The van der Waals surface area contributed by atoms with E-state index >= 15 is 0 Å². The Bertz CT molecular complexity index is 580. The number of carbonyl (C=O) groups is 1. The van der Waals surface area contributed by atoms with E-state index in [1.54, 1.807) is 6.92 Å². The van der Waals surface area contributed by atoms with E-state index in [2.05, 4.69) is 4.72 Å². The maximum atomic E-state index is 12.2. The van der Waals surface area contributed by atoms with Crippen LogP contribution in [0.4, 0.5) is 0 Å². The average Bonchev–Trinajstić information content (AvgIpc) is 2.43. The van der Waals surface area contributed by atoms with Crippen LogP contribution in [0.25, 0.3) is 0 Å². The summed E-state index contributed by atoms with van der Waals surface area (Å²) in [5.74, 6) is -1.24. The van der Waals surface area contributed by atoms with Gasteiger partial charge in [-0.25, -0.2) is 17.9 Å². The molecule has 0 spiro atoms. The second kappa shape index (κ2) is 6.69. The van der Waals surface area contributed by atoms with Crippen molar-refractivity contribution in [1.29, 1.82) is 0 Å². The number of carboxylic acid groups (broad SMARTS) is 1. The number of nitrogens with one attached hydrogen (secondary N) is 1. The predicted octanol–water partition coefficient (Wildman–Crippen LogP) is 0.443. The van der Waals surface area contributed by atoms with Crippen molar-refractivity contribution in [3.05, 3.63) is 23.8 Å². The topological polar surface area (TPSA) is 113 Å². The van der Waals surface area contributed by atoms with Crippen molar-refractivity contribution in [1.82, 2.24) is 4.72 Å². The van der Waals surface area contributed by atoms with E-state index in [-0.39, 0.29) is 22.8 Å². The standard InChI is InChI=1S/C12H17NO6S/c1-3-9(7-14)13-20(17,18)11-5-4-8(12(15)16)6-10(11)19-2/h4-6,9,13-14H,3,7H2,1-2H3,(H,15,16). The summed E-state index contributed by atoms with van der Waals surface area (Å²) in [5.41, 5.74) is -0.0741. The highest BCUT2D eigenvalue weighted by molar-refractivity contribution is 7.89. The Morgan fingerprint density at radius 2 is 2.10 bits per heavy atom. The zero-order chi connectivity index (χ0) is 15.3. The van der Waals surface area contributed by atoms with Crippen LogP contribution in [-0.2, 0) is 10.0 Å². The molecule has 3 N–H and O–H groups in total. The van der Waals surface area contributed by atoms with Gasteiger partial charge in [0.05, 0.1) is 19.3 Å². The molecule has 1 unspecified atom stereocenters. The molecular formula is C12H17NO6S. The molecule has 0 aliphatic carbocycles. The smallest absolute Gasteiger partial charge is 0.335 e. The monoisotopic (exact) mass is 303 g/mol. The Kier molecular flexibility index (Phi) is 5.49. The molecule has 0 bridgehead atoms. The van der Waals surface area contributed by atoms with Gasteiger partial charge in [0.1, 0.15) is 10.6 Å². The maximum Gasteiger partial charge on any atom is 0.335 e. The largest absolute Gasteiger partial charge is 0.495 e. The van der Waals surface area contributed by atoms with Crippen LogP contribution < -0.4 is 9.46 Å². The highest BCUT2D eigenvalue weighted by Crippen LogP contribution is 2.25. The van der Waals surface area contributed by atoms with Crippen LogP contribution in [0.3, 0.4) is 0 Å². The molecule has 0 aliphatic heterocycles. The fraction of sp³-hybridized carbons (Fsp3) is 0.417. The molecule has 8 heteroatoms. The van der Waals surface area contributed by atoms with Gasteiger partial charge in [-0.3, -0.25) is 0 Å². The highest BCUT2D eigenvalue weighted by Gasteiger charge is 2.23. The molecule has 0 heterocycles. The zero-order valence-corrected chi connectivity index (χ0v) is 12.0. The van der Waals surface area contributed by atoms with Crippen molar-refractivity contribution in [2.45, 2.75) is 24.3 Å². The summed E-state index contributed by atoms with van der Waals surface area (Å²) in [6.07, 6.45) is 0.422. The molecule has 0 radical (unpaired) electrons. The molecule has 7 nitrogen and oxygen atoms in total. The molecule has 20 heavy (non-hydrogen) atoms. The van der Waals surface area contributed by atoms with Gasteiger partial charge in [-0.05, 0) is 24.6 Å². The second-order valence-electron chi connectivity index (χ2n) is 4.08. The first-order valence-corrected chi connectivity index (χ1v) is 7.38. The van der Waals surface area contributed by atoms with Crippen LogP contribution in [0.15, 0.2) is 23.1 Å². The molecule has 0 saturated carbocycles. The van der Waals surface area contributed by atoms with Gasteiger partial charge in [0.2, 0.25) is 10.0 Å². The molecule has 0 fully saturated rings. The van der Waals surface area contributed by atoms with E-state index in [9.17, 15) is 13.2 Å². The molecule has 0 amide bonds. The van der Waals surface area contributed by atoms with Gasteiger partial charge in [-0.15, -0.1) is 0 Å². The number of aliphatic hydroxyl groups is 1. The van der Waals surface area contributed by atoms with Crippen molar-refractivity contribution in [2.75, 3.05) is 13.7 Å². The summed E-state index contributed by atoms with van der Waals surface area (Å²) >= 11 is 0. The molecular weight excluding hydrogens is 286 g/mol. The first-order valence-electron chi connectivity index (χ1n) is 5.90. The van der Waals surface area contributed by atoms with Crippen molar-refractivity contribution >= 4 is 16.0 Å². The molecule has 112 valence electrons. The molecule has 0 saturated heterocycles. The van der Waals surface area contributed by atoms with Crippen LogP contribution in [0.1, 0.15) is 23.7 Å². The summed E-state index contributed by atoms with van der Waals surface area (Å²) in [6, 6.07) is 2.87. The molecule has 1 aromatic carbocycles. The summed E-state index contributed by atoms with van der Waals surface area (Å²) in [4.78, 5) is 10.7. The van der Waals surface area contributed by atoms with Gasteiger partial charge >= 0.3 is 5.97 Å². The maximum absolute atomic E-state index is 12.2. The fourth-order valence-corrected chi connectivity index (χ4v) is 3.02. The van der Waals surface area contributed by atoms with Gasteiger partial charge < -0.3 is 14.9 Å². The van der Waals surface area contributed by atoms with Crippen molar-refractivity contribution in [3.8, 4) is 5.75 Å². The number of sulfonamides is 1. The third kappa shape index (κ3) is 3.69. The minimum Gasteiger partial charge on any atom is -0.495 e. The Hall–Kier alpha value is -1.64. The first-order chi connectivity index (χ1) is 9.35. The number of benzene rings is 1. The van der Waals surface area contributed by atoms with Crippen LogP contribution in [0, 0.1) is 0 Å². The van der Waals surface area contributed by atoms with Gasteiger partial charge in [0, 0.05) is 6.04 Å². The summed E-state index contributed by atoms with van der Waals surface area (Å²) in [7, 11) is -2.64. The molecule has 0 aliphatic rings. The summed E-state index contributed by atoms with van der Waals surface area (Å²) < 4.78 is 31.6. The SMILES string of the molecule is CCC(CO)NS(=O)(=O)c1ccc(C(=O)O)cc1OC. The fourth-order valence-electron chi connectivity index (χ4n) is 1.56. The Balaban J connectivity index is 3.21. The molecule has 1 atom stereocenters. The predicted molar refractivity (Wildman–Crippen MR) is 71.4 cm³/mol. The first kappa shape index (κ1) is 16.4. The van der Waals surface area contributed by atoms with Gasteiger partial charge in [0.25, 0.3) is 0 Å². The van der Waals surface area contributed by atoms with E-state index in [4.69, 9.17) is 14.9 Å². The van der Waals surface area contributed by atoms with Gasteiger partial charge in [0.15, 0.2) is 0 Å². The lowest BCUT2D eigenvalue weighted by molar-refractivity contribution is 0.0696. The number of ether oxygens (including phenoxy) is 1. The molecule has 1 aromatic rings. The van der Waals surface area contributed by atoms with E-state index in [0.717, 1.165) is 12.1 Å². The van der Waals surface area contributed by atoms with Crippen molar-refractivity contribution < 1.29 is 28.2 Å². The lowest BCUT2D eigenvalue weighted by Crippen LogP contribution is -2.37. The third-order valence-corrected chi connectivity index (χ3v) is 4.30. The Labute approximate surface area is 117 Å². The lowest BCUT2D eigenvalue weighted by atomic mass is 10.2. The van der Waals surface area contributed by atoms with Crippen LogP contribution in [-0.4, -0.2) is 44.4 Å². The van der Waals surface area contributed by atoms with E-state index in [1.165, 1.54) is 13.2 Å². The number of aromatic carboxylic acids is 1. The van der Waals surface area contributed by atoms with E-state index in [0.29, 0.717) is 6.42 Å². The lowest BCUT2D eigenvalue weighted by Gasteiger charge is -2.16. The number of methoxy groups -OCH3 is 1. The van der Waals surface area contributed by atoms with Crippen LogP contribution in [0.5, 0.6) is 5.75 Å². The number of aliphatic hydroxyl groups excluding tert-OH is 1. The molecule has 1 rings (SSSR count). The van der Waals surface area contributed by atoms with E-state index < -0.39 is 22.0 Å². The van der Waals surface area contributed by atoms with E-state index in [1.807, 2.05) is 0 Å². The minimum absolute atomic E-state index is 0.0646. The number of hydrogen-bond donors (Lipinski definition) is 3. The zero-order valence-electron chi connectivity index (χ0n) is 11.2. The number of carboxylic acids is 1. The quantitative estimate of drug-likeness (QED) is 0.674. The van der Waals surface area contributed by atoms with Crippen LogP contribution in [0.2, 0.25) is 0 Å². The summed E-state index contributed by atoms with van der Waals surface area (Å²) in [6.45, 7) is 1.40. The van der Waals surface area contributed by atoms with Crippen molar-refractivity contribution in [3.63, 3.8) is 0 Å². The van der Waals surface area contributed by atoms with Crippen LogP contribution >= 0.6 is 0 Å². The average molecular weight is 303 g/mol. The number of hydrogen-bond acceptors (Lipinski definition) is 5. The second-order valence-corrected chi connectivity index (χ2v) is 5.76. The molecule has 0 aromatic heterocycles. The Morgan fingerprint density at radius 3 is 2.55 bits per heavy atom.